The van der Waals surface area contributed by atoms with Crippen molar-refractivity contribution in [1.29, 1.82) is 0 Å². The molecule has 38 heavy (non-hydrogen) atoms. The fourth-order valence-electron chi connectivity index (χ4n) is 6.95. The number of aryl methyl sites for hydroxylation is 1. The number of fused-ring (bicyclic) bond motifs is 1. The molecule has 0 radical (unpaired) electrons. The number of carbonyl (C=O) groups excluding carboxylic acids is 1. The van der Waals surface area contributed by atoms with Crippen molar-refractivity contribution < 1.29 is 14.6 Å². The molecule has 1 aliphatic carbocycles. The molecule has 1 N–H and O–H groups in total. The highest BCUT2D eigenvalue weighted by Gasteiger charge is 2.58. The van der Waals surface area contributed by atoms with Crippen molar-refractivity contribution in [3.05, 3.63) is 65.7 Å². The molecule has 4 rings (SSSR count). The van der Waals surface area contributed by atoms with Gasteiger partial charge in [-0.1, -0.05) is 62.7 Å². The summed E-state index contributed by atoms with van der Waals surface area (Å²) in [6, 6.07) is 19.0. The average Bonchev–Trinajstić information content (AvgIpc) is 2.91. The fraction of sp³-hybridized carbons (Fsp3) is 0.606. The van der Waals surface area contributed by atoms with Gasteiger partial charge in [-0.2, -0.15) is 0 Å². The van der Waals surface area contributed by atoms with Gasteiger partial charge in [0.1, 0.15) is 5.75 Å². The Morgan fingerprint density at radius 3 is 2.63 bits per heavy atom. The summed E-state index contributed by atoms with van der Waals surface area (Å²) >= 11 is 0. The number of likely N-dealkylation sites (N-methyl/N-ethyl adjacent to an activating group) is 1. The van der Waals surface area contributed by atoms with Gasteiger partial charge in [-0.15, -0.1) is 0 Å². The summed E-state index contributed by atoms with van der Waals surface area (Å²) < 4.78 is 5.58. The van der Waals surface area contributed by atoms with Gasteiger partial charge >= 0.3 is 0 Å². The van der Waals surface area contributed by atoms with Gasteiger partial charge in [0.15, 0.2) is 0 Å². The maximum atomic E-state index is 13.7. The van der Waals surface area contributed by atoms with Gasteiger partial charge < -0.3 is 19.6 Å². The minimum absolute atomic E-state index is 0.143. The van der Waals surface area contributed by atoms with Crippen LogP contribution in [0.5, 0.6) is 5.75 Å². The molecule has 2 aromatic rings. The van der Waals surface area contributed by atoms with Crippen LogP contribution in [0.3, 0.4) is 0 Å². The lowest BCUT2D eigenvalue weighted by atomic mass is 9.55. The number of benzene rings is 2. The molecule has 1 saturated carbocycles. The lowest BCUT2D eigenvalue weighted by Crippen LogP contribution is -2.67. The lowest BCUT2D eigenvalue weighted by Gasteiger charge is -2.59. The summed E-state index contributed by atoms with van der Waals surface area (Å²) in [5.74, 6) is 1.51. The van der Waals surface area contributed by atoms with E-state index in [9.17, 15) is 9.90 Å². The third-order valence-electron chi connectivity index (χ3n) is 8.96. The Hall–Kier alpha value is -2.37. The highest BCUT2D eigenvalue weighted by atomic mass is 16.5. The predicted molar refractivity (Wildman–Crippen MR) is 155 cm³/mol. The number of methoxy groups -OCH3 is 1. The number of piperidine rings is 1. The zero-order valence-electron chi connectivity index (χ0n) is 24.0. The minimum Gasteiger partial charge on any atom is -0.497 e. The van der Waals surface area contributed by atoms with Crippen LogP contribution >= 0.6 is 0 Å². The maximum absolute atomic E-state index is 13.7. The number of likely N-dealkylation sites (tertiary alicyclic amines) is 1. The monoisotopic (exact) mass is 520 g/mol. The topological polar surface area (TPSA) is 53.0 Å². The summed E-state index contributed by atoms with van der Waals surface area (Å²) in [7, 11) is 3.80. The molecule has 0 aromatic heterocycles. The van der Waals surface area contributed by atoms with E-state index < -0.39 is 5.60 Å². The van der Waals surface area contributed by atoms with E-state index in [1.165, 1.54) is 5.56 Å². The smallest absolute Gasteiger partial charge is 0.222 e. The van der Waals surface area contributed by atoms with Crippen LogP contribution in [0.15, 0.2) is 54.6 Å². The molecule has 2 aromatic carbocycles. The van der Waals surface area contributed by atoms with E-state index in [1.54, 1.807) is 7.11 Å². The van der Waals surface area contributed by atoms with Crippen molar-refractivity contribution in [2.24, 2.45) is 5.92 Å². The van der Waals surface area contributed by atoms with Crippen LogP contribution in [0, 0.1) is 5.92 Å². The first-order chi connectivity index (χ1) is 18.3. The number of aliphatic hydroxyl groups is 1. The Kier molecular flexibility index (Phi) is 9.54. The van der Waals surface area contributed by atoms with Crippen LogP contribution in [-0.4, -0.2) is 66.2 Å². The molecule has 1 heterocycles. The molecule has 1 amide bonds. The molecule has 208 valence electrons. The first kappa shape index (κ1) is 28.6. The van der Waals surface area contributed by atoms with Gasteiger partial charge in [0.25, 0.3) is 0 Å². The zero-order chi connectivity index (χ0) is 27.2. The number of ether oxygens (including phenoxy) is 1. The largest absolute Gasteiger partial charge is 0.497 e. The second kappa shape index (κ2) is 12.7. The first-order valence-corrected chi connectivity index (χ1v) is 14.7. The summed E-state index contributed by atoms with van der Waals surface area (Å²) in [5, 5.41) is 12.2. The number of rotatable bonds is 11. The SMILES string of the molecule is COc1cccc([C@@]23CCN(C)C[C@@]2(O)CC[C@H](N(CC(C)C)C(=O)CCCCCc2ccccc2)C3)c1. The van der Waals surface area contributed by atoms with Crippen LogP contribution in [0.25, 0.3) is 0 Å². The number of hydrogen-bond donors (Lipinski definition) is 1. The molecule has 1 saturated heterocycles. The van der Waals surface area contributed by atoms with Crippen LogP contribution < -0.4 is 4.74 Å². The van der Waals surface area contributed by atoms with Crippen molar-refractivity contribution in [3.63, 3.8) is 0 Å². The second-order valence-electron chi connectivity index (χ2n) is 12.2. The standard InChI is InChI=1S/C33H48N2O3/c1-26(2)24-35(31(36)17-10-6-9-14-27-12-7-5-8-13-27)29-18-19-33(37)25-34(3)21-20-32(33,23-29)28-15-11-16-30(22-28)38-4/h5,7-8,11-13,15-16,22,26,29,37H,6,9-10,14,17-21,23-25H2,1-4H3/t29-,32-,33-/m0/s1. The minimum atomic E-state index is -0.813. The predicted octanol–water partition coefficient (Wildman–Crippen LogP) is 5.84. The molecule has 5 nitrogen and oxygen atoms in total. The maximum Gasteiger partial charge on any atom is 0.222 e. The van der Waals surface area contributed by atoms with E-state index in [1.807, 2.05) is 12.1 Å². The van der Waals surface area contributed by atoms with Gasteiger partial charge in [0.05, 0.1) is 12.7 Å². The van der Waals surface area contributed by atoms with E-state index in [2.05, 4.69) is 73.2 Å². The van der Waals surface area contributed by atoms with Crippen LogP contribution in [-0.2, 0) is 16.6 Å². The number of hydrogen-bond acceptors (Lipinski definition) is 4. The van der Waals surface area contributed by atoms with E-state index >= 15 is 0 Å². The van der Waals surface area contributed by atoms with Gasteiger partial charge in [-0.25, -0.2) is 0 Å². The lowest BCUT2D eigenvalue weighted by molar-refractivity contribution is -0.149. The summed E-state index contributed by atoms with van der Waals surface area (Å²) in [4.78, 5) is 18.1. The Morgan fingerprint density at radius 2 is 1.89 bits per heavy atom. The van der Waals surface area contributed by atoms with Gasteiger partial charge in [0.2, 0.25) is 5.91 Å². The molecule has 5 heteroatoms. The van der Waals surface area contributed by atoms with Crippen molar-refractivity contribution in [1.82, 2.24) is 9.80 Å². The molecule has 3 atom stereocenters. The third-order valence-corrected chi connectivity index (χ3v) is 8.96. The molecule has 1 aliphatic heterocycles. The van der Waals surface area contributed by atoms with Crippen LogP contribution in [0.4, 0.5) is 0 Å². The van der Waals surface area contributed by atoms with E-state index in [-0.39, 0.29) is 17.4 Å². The summed E-state index contributed by atoms with van der Waals surface area (Å²) in [5.41, 5.74) is 1.32. The normalized spacial score (nSPS) is 25.7. The number of nitrogens with zero attached hydrogens (tertiary/aromatic N) is 2. The van der Waals surface area contributed by atoms with Gasteiger partial charge in [-0.05, 0) is 87.7 Å². The van der Waals surface area contributed by atoms with E-state index in [0.717, 1.165) is 69.3 Å². The number of carbonyl (C=O) groups is 1. The van der Waals surface area contributed by atoms with E-state index in [0.29, 0.717) is 25.3 Å². The third kappa shape index (κ3) is 6.43. The summed E-state index contributed by atoms with van der Waals surface area (Å²) in [6.45, 7) is 6.78. The van der Waals surface area contributed by atoms with Crippen molar-refractivity contribution in [2.75, 3.05) is 33.8 Å². The van der Waals surface area contributed by atoms with Gasteiger partial charge in [0, 0.05) is 31.0 Å². The first-order valence-electron chi connectivity index (χ1n) is 14.7. The molecule has 0 spiro atoms. The molecular weight excluding hydrogens is 472 g/mol. The number of amides is 1. The van der Waals surface area contributed by atoms with Crippen molar-refractivity contribution in [2.45, 2.75) is 88.7 Å². The van der Waals surface area contributed by atoms with Crippen LogP contribution in [0.2, 0.25) is 0 Å². The molecule has 2 aliphatic rings. The molecule has 2 fully saturated rings. The Morgan fingerprint density at radius 1 is 1.11 bits per heavy atom. The average molecular weight is 521 g/mol. The highest BCUT2D eigenvalue weighted by Crippen LogP contribution is 2.52. The second-order valence-corrected chi connectivity index (χ2v) is 12.2. The fourth-order valence-corrected chi connectivity index (χ4v) is 6.95. The molecule has 0 bridgehead atoms. The van der Waals surface area contributed by atoms with E-state index in [4.69, 9.17) is 4.74 Å². The Balaban J connectivity index is 1.48. The van der Waals surface area contributed by atoms with Crippen LogP contribution in [0.1, 0.15) is 76.3 Å². The zero-order valence-corrected chi connectivity index (χ0v) is 24.0. The molecule has 0 unspecified atom stereocenters. The van der Waals surface area contributed by atoms with Crippen molar-refractivity contribution in [3.8, 4) is 5.75 Å². The number of unbranched alkanes of at least 4 members (excludes halogenated alkanes) is 2. The highest BCUT2D eigenvalue weighted by molar-refractivity contribution is 5.76. The quantitative estimate of drug-likeness (QED) is 0.378. The number of β-amino-alcohol motifs (C(OH)–C–C–N with tert-alkyl or cyclic N) is 1. The Bertz CT molecular complexity index is 1040. The van der Waals surface area contributed by atoms with Gasteiger partial charge in [-0.3, -0.25) is 4.79 Å². The summed E-state index contributed by atoms with van der Waals surface area (Å²) in [6.07, 6.45) is 8.04. The molecular formula is C33H48N2O3. The van der Waals surface area contributed by atoms with Crippen molar-refractivity contribution >= 4 is 5.91 Å². The Labute approximate surface area is 230 Å².